The van der Waals surface area contributed by atoms with Gasteiger partial charge in [0.1, 0.15) is 16.8 Å². The number of amides is 1. The Hall–Kier alpha value is -3.22. The predicted molar refractivity (Wildman–Crippen MR) is 130 cm³/mol. The van der Waals surface area contributed by atoms with Crippen LogP contribution in [0, 0.1) is 12.7 Å². The number of nitrogens with one attached hydrogen (secondary N) is 1. The summed E-state index contributed by atoms with van der Waals surface area (Å²) in [5.41, 5.74) is 4.42. The van der Waals surface area contributed by atoms with E-state index in [-0.39, 0.29) is 11.7 Å². The van der Waals surface area contributed by atoms with Gasteiger partial charge < -0.3 is 10.2 Å². The summed E-state index contributed by atoms with van der Waals surface area (Å²) in [6.07, 6.45) is 5.35. The largest absolute Gasteiger partial charge is 0.336 e. The summed E-state index contributed by atoms with van der Waals surface area (Å²) in [5.74, 6) is 0.362. The fourth-order valence-electron chi connectivity index (χ4n) is 4.35. The van der Waals surface area contributed by atoms with Crippen LogP contribution in [0.4, 0.5) is 4.39 Å². The first-order valence-electron chi connectivity index (χ1n) is 11.0. The number of fused-ring (bicyclic) bond motifs is 1. The van der Waals surface area contributed by atoms with Crippen molar-refractivity contribution in [3.63, 3.8) is 0 Å². The lowest BCUT2D eigenvalue weighted by Crippen LogP contribution is -2.47. The van der Waals surface area contributed by atoms with Gasteiger partial charge in [0.2, 0.25) is 0 Å². The molecule has 0 bridgehead atoms. The maximum Gasteiger partial charge on any atom is 0.254 e. The van der Waals surface area contributed by atoms with Crippen LogP contribution < -0.4 is 5.32 Å². The number of nitrogens with zero attached hydrogens (tertiary/aromatic N) is 3. The molecule has 7 heteroatoms. The van der Waals surface area contributed by atoms with E-state index in [1.807, 2.05) is 42.2 Å². The standard InChI is InChI=1S/C26H24ClFN4O/c1-17-6-7-21(23(28)14-17)19-4-2-3-5-20(19)22-16-30-24-15-18(8-11-32(24)25(22)27)26(33)31-12-9-29-10-13-31/h2-8,11,14-15,29H,9-10,12-13,16H2,1H3. The number of benzene rings is 2. The third kappa shape index (κ3) is 4.12. The van der Waals surface area contributed by atoms with Crippen molar-refractivity contribution in [3.8, 4) is 11.1 Å². The molecule has 5 rings (SSSR count). The predicted octanol–water partition coefficient (Wildman–Crippen LogP) is 4.31. The zero-order valence-electron chi connectivity index (χ0n) is 18.3. The summed E-state index contributed by atoms with van der Waals surface area (Å²) in [7, 11) is 0. The van der Waals surface area contributed by atoms with E-state index in [1.54, 1.807) is 29.3 Å². The second kappa shape index (κ2) is 8.96. The first kappa shape index (κ1) is 21.6. The number of amidine groups is 1. The molecule has 0 aliphatic carbocycles. The summed E-state index contributed by atoms with van der Waals surface area (Å²) >= 11 is 6.84. The number of piperazine rings is 1. The highest BCUT2D eigenvalue weighted by atomic mass is 35.5. The topological polar surface area (TPSA) is 47.9 Å². The second-order valence-corrected chi connectivity index (χ2v) is 8.66. The molecular weight excluding hydrogens is 439 g/mol. The molecular formula is C26H24ClFN4O. The fourth-order valence-corrected chi connectivity index (χ4v) is 4.65. The van der Waals surface area contributed by atoms with Crippen molar-refractivity contribution in [1.82, 2.24) is 15.1 Å². The molecule has 2 aromatic rings. The van der Waals surface area contributed by atoms with Crippen LogP contribution in [0.3, 0.4) is 0 Å². The van der Waals surface area contributed by atoms with Crippen LogP contribution in [0.25, 0.3) is 16.7 Å². The van der Waals surface area contributed by atoms with Crippen LogP contribution in [-0.4, -0.2) is 54.3 Å². The summed E-state index contributed by atoms with van der Waals surface area (Å²) in [5, 5.41) is 3.76. The summed E-state index contributed by atoms with van der Waals surface area (Å²) < 4.78 is 14.8. The van der Waals surface area contributed by atoms with E-state index in [1.165, 1.54) is 6.07 Å². The van der Waals surface area contributed by atoms with Crippen molar-refractivity contribution in [2.24, 2.45) is 4.99 Å². The molecule has 3 aliphatic heterocycles. The van der Waals surface area contributed by atoms with Crippen molar-refractivity contribution in [2.75, 3.05) is 32.7 Å². The lowest BCUT2D eigenvalue weighted by atomic mass is 9.93. The van der Waals surface area contributed by atoms with E-state index >= 15 is 0 Å². The van der Waals surface area contributed by atoms with E-state index < -0.39 is 0 Å². The Morgan fingerprint density at radius 2 is 1.85 bits per heavy atom. The van der Waals surface area contributed by atoms with Gasteiger partial charge in [-0.1, -0.05) is 48.0 Å². The van der Waals surface area contributed by atoms with E-state index in [9.17, 15) is 9.18 Å². The van der Waals surface area contributed by atoms with Crippen LogP contribution in [0.15, 0.2) is 76.5 Å². The number of hydrogen-bond donors (Lipinski definition) is 1. The molecule has 0 aromatic heterocycles. The number of aryl methyl sites for hydroxylation is 1. The number of hydrogen-bond acceptors (Lipinski definition) is 4. The monoisotopic (exact) mass is 462 g/mol. The number of carbonyl (C=O) groups excluding carboxylic acids is 1. The van der Waals surface area contributed by atoms with Gasteiger partial charge in [0.25, 0.3) is 5.91 Å². The third-order valence-electron chi connectivity index (χ3n) is 6.11. The summed E-state index contributed by atoms with van der Waals surface area (Å²) in [6.45, 7) is 5.19. The molecule has 3 aliphatic rings. The zero-order chi connectivity index (χ0) is 22.9. The van der Waals surface area contributed by atoms with Gasteiger partial charge in [-0.15, -0.1) is 0 Å². The number of rotatable bonds is 3. The van der Waals surface area contributed by atoms with E-state index in [0.717, 1.165) is 35.4 Å². The number of halogens is 2. The molecule has 0 spiro atoms. The Morgan fingerprint density at radius 1 is 1.09 bits per heavy atom. The van der Waals surface area contributed by atoms with Crippen molar-refractivity contribution in [3.05, 3.63) is 88.5 Å². The Morgan fingerprint density at radius 3 is 2.61 bits per heavy atom. The normalized spacial score (nSPS) is 18.2. The maximum absolute atomic E-state index is 14.8. The van der Waals surface area contributed by atoms with Gasteiger partial charge in [0.05, 0.1) is 6.54 Å². The van der Waals surface area contributed by atoms with Gasteiger partial charge in [0, 0.05) is 49.1 Å². The minimum Gasteiger partial charge on any atom is -0.336 e. The van der Waals surface area contributed by atoms with Gasteiger partial charge >= 0.3 is 0 Å². The van der Waals surface area contributed by atoms with E-state index in [0.29, 0.717) is 41.8 Å². The van der Waals surface area contributed by atoms with Crippen LogP contribution in [0.1, 0.15) is 11.1 Å². The fraction of sp³-hybridized carbons (Fsp3) is 0.231. The first-order chi connectivity index (χ1) is 16.0. The lowest BCUT2D eigenvalue weighted by molar-refractivity contribution is -0.127. The lowest BCUT2D eigenvalue weighted by Gasteiger charge is -2.32. The molecule has 1 amide bonds. The highest BCUT2D eigenvalue weighted by Gasteiger charge is 2.28. The van der Waals surface area contributed by atoms with Crippen LogP contribution in [0.5, 0.6) is 0 Å². The van der Waals surface area contributed by atoms with Crippen LogP contribution >= 0.6 is 11.6 Å². The average Bonchev–Trinajstić information content (AvgIpc) is 2.84. The molecule has 5 nitrogen and oxygen atoms in total. The van der Waals surface area contributed by atoms with Crippen LogP contribution in [-0.2, 0) is 4.79 Å². The molecule has 168 valence electrons. The average molecular weight is 463 g/mol. The molecule has 1 fully saturated rings. The minimum atomic E-state index is -0.268. The van der Waals surface area contributed by atoms with Gasteiger partial charge in [-0.25, -0.2) is 4.39 Å². The molecule has 1 N–H and O–H groups in total. The van der Waals surface area contributed by atoms with Crippen molar-refractivity contribution >= 4 is 28.9 Å². The highest BCUT2D eigenvalue weighted by molar-refractivity contribution is 6.35. The summed E-state index contributed by atoms with van der Waals surface area (Å²) in [6, 6.07) is 12.9. The highest BCUT2D eigenvalue weighted by Crippen LogP contribution is 2.37. The Kier molecular flexibility index (Phi) is 5.87. The number of carbonyl (C=O) groups is 1. The third-order valence-corrected chi connectivity index (χ3v) is 6.52. The molecule has 33 heavy (non-hydrogen) atoms. The second-order valence-electron chi connectivity index (χ2n) is 8.30. The molecule has 0 unspecified atom stereocenters. The zero-order valence-corrected chi connectivity index (χ0v) is 19.1. The van der Waals surface area contributed by atoms with Crippen molar-refractivity contribution in [2.45, 2.75) is 6.92 Å². The van der Waals surface area contributed by atoms with Crippen molar-refractivity contribution < 1.29 is 9.18 Å². The first-order valence-corrected chi connectivity index (χ1v) is 11.4. The maximum atomic E-state index is 14.8. The quantitative estimate of drug-likeness (QED) is 0.691. The van der Waals surface area contributed by atoms with Gasteiger partial charge in [-0.3, -0.25) is 14.7 Å². The Balaban J connectivity index is 1.46. The molecule has 1 saturated heterocycles. The molecule has 0 saturated carbocycles. The van der Waals surface area contributed by atoms with Crippen LogP contribution in [0.2, 0.25) is 0 Å². The SMILES string of the molecule is Cc1ccc(-c2ccccc2C2=C(Cl)N3C=CC(C(=O)N4CCNCC4)=CC3=NC2)c(F)c1. The minimum absolute atomic E-state index is 0.00110. The Bertz CT molecular complexity index is 1240. The number of aliphatic imine (C=N–C) groups is 1. The smallest absolute Gasteiger partial charge is 0.254 e. The molecule has 3 heterocycles. The van der Waals surface area contributed by atoms with E-state index in [2.05, 4.69) is 5.32 Å². The van der Waals surface area contributed by atoms with Gasteiger partial charge in [0.15, 0.2) is 0 Å². The molecule has 0 atom stereocenters. The van der Waals surface area contributed by atoms with Gasteiger partial charge in [-0.2, -0.15) is 0 Å². The molecule has 2 aromatic carbocycles. The Labute approximate surface area is 197 Å². The van der Waals surface area contributed by atoms with E-state index in [4.69, 9.17) is 16.6 Å². The van der Waals surface area contributed by atoms with Gasteiger partial charge in [-0.05, 0) is 41.8 Å². The van der Waals surface area contributed by atoms with Crippen molar-refractivity contribution in [1.29, 1.82) is 0 Å². The molecule has 0 radical (unpaired) electrons. The summed E-state index contributed by atoms with van der Waals surface area (Å²) in [4.78, 5) is 21.2.